The molecule has 1 aromatic heterocycles. The molecule has 146 valence electrons. The quantitative estimate of drug-likeness (QED) is 0.612. The summed E-state index contributed by atoms with van der Waals surface area (Å²) in [5, 5.41) is 4.94. The lowest BCUT2D eigenvalue weighted by atomic mass is 10.1. The molecule has 0 radical (unpaired) electrons. The third-order valence-corrected chi connectivity index (χ3v) is 5.35. The van der Waals surface area contributed by atoms with Crippen molar-refractivity contribution in [3.05, 3.63) is 64.4 Å². The van der Waals surface area contributed by atoms with Gasteiger partial charge in [0.15, 0.2) is 0 Å². The Labute approximate surface area is 168 Å². The van der Waals surface area contributed by atoms with Crippen LogP contribution in [0.5, 0.6) is 17.2 Å². The van der Waals surface area contributed by atoms with Crippen LogP contribution in [-0.2, 0) is 6.42 Å². The third-order valence-electron chi connectivity index (χ3n) is 4.43. The lowest BCUT2D eigenvalue weighted by molar-refractivity contribution is 0.0958. The highest BCUT2D eigenvalue weighted by Crippen LogP contribution is 2.34. The molecule has 2 aromatic carbocycles. The first-order valence-corrected chi connectivity index (χ1v) is 9.76. The molecule has 0 saturated heterocycles. The van der Waals surface area contributed by atoms with Crippen LogP contribution in [0.2, 0.25) is 0 Å². The molecular weight excluding hydrogens is 374 g/mol. The fourth-order valence-electron chi connectivity index (χ4n) is 3.04. The number of thiophene rings is 1. The second kappa shape index (κ2) is 9.28. The monoisotopic (exact) mass is 397 g/mol. The summed E-state index contributed by atoms with van der Waals surface area (Å²) in [4.78, 5) is 13.4. The van der Waals surface area contributed by atoms with E-state index < -0.39 is 0 Å². The van der Waals surface area contributed by atoms with Gasteiger partial charge in [0.2, 0.25) is 0 Å². The van der Waals surface area contributed by atoms with E-state index in [1.165, 1.54) is 11.3 Å². The van der Waals surface area contributed by atoms with Crippen molar-refractivity contribution in [2.24, 2.45) is 0 Å². The number of hydrogen-bond donors (Lipinski definition) is 1. The van der Waals surface area contributed by atoms with E-state index in [2.05, 4.69) is 5.32 Å². The van der Waals surface area contributed by atoms with E-state index >= 15 is 0 Å². The summed E-state index contributed by atoms with van der Waals surface area (Å²) < 4.78 is 16.2. The van der Waals surface area contributed by atoms with Gasteiger partial charge in [-0.15, -0.1) is 11.3 Å². The molecule has 0 spiro atoms. The number of carbonyl (C=O) groups is 1. The number of amides is 1. The Hall–Kier alpha value is -2.99. The molecule has 0 atom stereocenters. The van der Waals surface area contributed by atoms with Crippen LogP contribution in [-0.4, -0.2) is 33.8 Å². The highest BCUT2D eigenvalue weighted by atomic mass is 32.1. The van der Waals surface area contributed by atoms with Gasteiger partial charge in [-0.2, -0.15) is 0 Å². The summed E-state index contributed by atoms with van der Waals surface area (Å²) >= 11 is 1.44. The summed E-state index contributed by atoms with van der Waals surface area (Å²) in [7, 11) is 4.81. The van der Waals surface area contributed by atoms with Gasteiger partial charge in [-0.3, -0.25) is 4.79 Å². The van der Waals surface area contributed by atoms with Gasteiger partial charge in [0.05, 0.1) is 26.2 Å². The van der Waals surface area contributed by atoms with Crippen LogP contribution < -0.4 is 19.5 Å². The SMILES string of the molecule is COc1cc(OC)c(CCNC(=O)c2sccc2-c2ccccc2)c(OC)c1. The minimum absolute atomic E-state index is 0.0831. The van der Waals surface area contributed by atoms with Gasteiger partial charge in [0, 0.05) is 29.8 Å². The molecule has 0 fully saturated rings. The van der Waals surface area contributed by atoms with Crippen LogP contribution in [0.1, 0.15) is 15.2 Å². The first kappa shape index (κ1) is 19.8. The smallest absolute Gasteiger partial charge is 0.261 e. The largest absolute Gasteiger partial charge is 0.496 e. The predicted molar refractivity (Wildman–Crippen MR) is 112 cm³/mol. The fraction of sp³-hybridized carbons (Fsp3) is 0.227. The van der Waals surface area contributed by atoms with Gasteiger partial charge >= 0.3 is 0 Å². The molecule has 3 rings (SSSR count). The number of methoxy groups -OCH3 is 3. The molecule has 0 bridgehead atoms. The molecule has 5 nitrogen and oxygen atoms in total. The summed E-state index contributed by atoms with van der Waals surface area (Å²) in [6.07, 6.45) is 0.578. The van der Waals surface area contributed by atoms with Crippen LogP contribution >= 0.6 is 11.3 Å². The average molecular weight is 397 g/mol. The summed E-state index contributed by atoms with van der Waals surface area (Å²) in [6.45, 7) is 0.462. The Kier molecular flexibility index (Phi) is 6.55. The minimum atomic E-state index is -0.0831. The van der Waals surface area contributed by atoms with Crippen LogP contribution in [0, 0.1) is 0 Å². The van der Waals surface area contributed by atoms with Crippen molar-refractivity contribution in [1.29, 1.82) is 0 Å². The van der Waals surface area contributed by atoms with E-state index in [-0.39, 0.29) is 5.91 Å². The van der Waals surface area contributed by atoms with Crippen molar-refractivity contribution in [2.75, 3.05) is 27.9 Å². The first-order valence-electron chi connectivity index (χ1n) is 8.88. The molecule has 0 aliphatic heterocycles. The van der Waals surface area contributed by atoms with Crippen LogP contribution in [0.4, 0.5) is 0 Å². The van der Waals surface area contributed by atoms with E-state index in [0.717, 1.165) is 16.7 Å². The third kappa shape index (κ3) is 4.28. The highest BCUT2D eigenvalue weighted by Gasteiger charge is 2.16. The second-order valence-corrected chi connectivity index (χ2v) is 6.96. The van der Waals surface area contributed by atoms with E-state index in [1.807, 2.05) is 53.9 Å². The lowest BCUT2D eigenvalue weighted by Gasteiger charge is -2.15. The molecule has 3 aromatic rings. The molecule has 28 heavy (non-hydrogen) atoms. The van der Waals surface area contributed by atoms with Crippen molar-refractivity contribution in [1.82, 2.24) is 5.32 Å². The van der Waals surface area contributed by atoms with Gasteiger partial charge in [0.1, 0.15) is 17.2 Å². The number of hydrogen-bond acceptors (Lipinski definition) is 5. The summed E-state index contributed by atoms with van der Waals surface area (Å²) in [5.41, 5.74) is 2.87. The molecule has 0 unspecified atom stereocenters. The number of benzene rings is 2. The molecule has 1 amide bonds. The number of ether oxygens (including phenoxy) is 3. The van der Waals surface area contributed by atoms with Gasteiger partial charge in [-0.1, -0.05) is 30.3 Å². The molecule has 0 aliphatic carbocycles. The number of carbonyl (C=O) groups excluding carboxylic acids is 1. The molecular formula is C22H23NO4S. The number of nitrogens with one attached hydrogen (secondary N) is 1. The minimum Gasteiger partial charge on any atom is -0.496 e. The van der Waals surface area contributed by atoms with E-state index in [9.17, 15) is 4.79 Å². The van der Waals surface area contributed by atoms with Gasteiger partial charge in [-0.05, 0) is 23.4 Å². The van der Waals surface area contributed by atoms with Gasteiger partial charge < -0.3 is 19.5 Å². The normalized spacial score (nSPS) is 10.4. The molecule has 6 heteroatoms. The van der Waals surface area contributed by atoms with E-state index in [1.54, 1.807) is 21.3 Å². The highest BCUT2D eigenvalue weighted by molar-refractivity contribution is 7.12. The Morgan fingerprint density at radius 2 is 1.64 bits per heavy atom. The van der Waals surface area contributed by atoms with Crippen molar-refractivity contribution >= 4 is 17.2 Å². The zero-order chi connectivity index (χ0) is 19.9. The molecule has 0 aliphatic rings. The Balaban J connectivity index is 1.71. The molecule has 1 heterocycles. The van der Waals surface area contributed by atoms with E-state index in [4.69, 9.17) is 14.2 Å². The lowest BCUT2D eigenvalue weighted by Crippen LogP contribution is -2.25. The summed E-state index contributed by atoms with van der Waals surface area (Å²) in [6, 6.07) is 15.5. The van der Waals surface area contributed by atoms with Crippen molar-refractivity contribution in [3.63, 3.8) is 0 Å². The number of rotatable bonds is 8. The van der Waals surface area contributed by atoms with Gasteiger partial charge in [-0.25, -0.2) is 0 Å². The Morgan fingerprint density at radius 1 is 0.964 bits per heavy atom. The van der Waals surface area contributed by atoms with Crippen molar-refractivity contribution < 1.29 is 19.0 Å². The average Bonchev–Trinajstić information content (AvgIpc) is 3.24. The zero-order valence-electron chi connectivity index (χ0n) is 16.2. The van der Waals surface area contributed by atoms with Gasteiger partial charge in [0.25, 0.3) is 5.91 Å². The van der Waals surface area contributed by atoms with Crippen LogP contribution in [0.25, 0.3) is 11.1 Å². The van der Waals surface area contributed by atoms with Crippen LogP contribution in [0.15, 0.2) is 53.9 Å². The Bertz CT molecular complexity index is 912. The first-order chi connectivity index (χ1) is 13.7. The van der Waals surface area contributed by atoms with Crippen molar-refractivity contribution in [3.8, 4) is 28.4 Å². The Morgan fingerprint density at radius 3 is 2.25 bits per heavy atom. The van der Waals surface area contributed by atoms with Crippen LogP contribution in [0.3, 0.4) is 0 Å². The maximum Gasteiger partial charge on any atom is 0.261 e. The fourth-order valence-corrected chi connectivity index (χ4v) is 3.87. The standard InChI is InChI=1S/C22H23NO4S/c1-25-16-13-19(26-2)18(20(14-16)27-3)9-11-23-22(24)21-17(10-12-28-21)15-7-5-4-6-8-15/h4-8,10,12-14H,9,11H2,1-3H3,(H,23,24). The summed E-state index contributed by atoms with van der Waals surface area (Å²) in [5.74, 6) is 1.92. The maximum absolute atomic E-state index is 12.7. The maximum atomic E-state index is 12.7. The van der Waals surface area contributed by atoms with Crippen molar-refractivity contribution in [2.45, 2.75) is 6.42 Å². The topological polar surface area (TPSA) is 56.8 Å². The molecule has 0 saturated carbocycles. The predicted octanol–water partition coefficient (Wildman–Crippen LogP) is 4.41. The van der Waals surface area contributed by atoms with E-state index in [0.29, 0.717) is 35.1 Å². The second-order valence-electron chi connectivity index (χ2n) is 6.05. The zero-order valence-corrected chi connectivity index (χ0v) is 17.0. The molecule has 1 N–H and O–H groups in total.